The van der Waals surface area contributed by atoms with Crippen LogP contribution in [-0.2, 0) is 0 Å². The maximum absolute atomic E-state index is 2.46. The number of nitrogens with zero attached hydrogens (tertiary/aromatic N) is 1. The normalized spacial score (nSPS) is 11.5. The van der Waals surface area contributed by atoms with Crippen LogP contribution in [0.25, 0.3) is 97.0 Å². The summed E-state index contributed by atoms with van der Waals surface area (Å²) in [6.45, 7) is 0. The molecule has 12 rings (SSSR count). The predicted molar refractivity (Wildman–Crippen MR) is 268 cm³/mol. The number of fused-ring (bicyclic) bond motifs is 7. The van der Waals surface area contributed by atoms with Gasteiger partial charge >= 0.3 is 0 Å². The Bertz CT molecular complexity index is 3620. The third kappa shape index (κ3) is 6.15. The molecule has 0 fully saturated rings. The van der Waals surface area contributed by atoms with Gasteiger partial charge in [0.2, 0.25) is 0 Å². The lowest BCUT2D eigenvalue weighted by Crippen LogP contribution is -2.10. The van der Waals surface area contributed by atoms with Gasteiger partial charge in [-0.1, -0.05) is 188 Å². The van der Waals surface area contributed by atoms with Gasteiger partial charge in [-0.2, -0.15) is 0 Å². The average molecular weight is 806 g/mol. The van der Waals surface area contributed by atoms with Crippen molar-refractivity contribution in [3.05, 3.63) is 237 Å². The fourth-order valence-corrected chi connectivity index (χ4v) is 10.7. The monoisotopic (exact) mass is 805 g/mol. The highest BCUT2D eigenvalue weighted by molar-refractivity contribution is 7.26. The van der Waals surface area contributed by atoms with Crippen LogP contribution in [0.1, 0.15) is 0 Å². The Balaban J connectivity index is 1.04. The highest BCUT2D eigenvalue weighted by Crippen LogP contribution is 2.48. The second-order valence-electron chi connectivity index (χ2n) is 16.0. The predicted octanol–water partition coefficient (Wildman–Crippen LogP) is 17.7. The van der Waals surface area contributed by atoms with Gasteiger partial charge < -0.3 is 4.90 Å². The molecule has 0 aliphatic rings. The molecule has 62 heavy (non-hydrogen) atoms. The van der Waals surface area contributed by atoms with Gasteiger partial charge in [-0.05, 0) is 125 Å². The highest BCUT2D eigenvalue weighted by Gasteiger charge is 2.22. The molecule has 0 bridgehead atoms. The Morgan fingerprint density at radius 2 is 0.774 bits per heavy atom. The van der Waals surface area contributed by atoms with Crippen LogP contribution in [0.5, 0.6) is 0 Å². The Morgan fingerprint density at radius 3 is 1.45 bits per heavy atom. The van der Waals surface area contributed by atoms with Crippen LogP contribution in [0.15, 0.2) is 237 Å². The first-order valence-corrected chi connectivity index (χ1v) is 22.1. The molecule has 0 aliphatic heterocycles. The van der Waals surface area contributed by atoms with Crippen molar-refractivity contribution >= 4 is 80.9 Å². The summed E-state index contributed by atoms with van der Waals surface area (Å²) in [5.41, 5.74) is 13.1. The summed E-state index contributed by atoms with van der Waals surface area (Å²) in [6, 6.07) is 86.8. The molecular formula is C60H39NS. The first-order chi connectivity index (χ1) is 30.7. The van der Waals surface area contributed by atoms with E-state index in [-0.39, 0.29) is 0 Å². The molecule has 0 unspecified atom stereocenters. The van der Waals surface area contributed by atoms with E-state index < -0.39 is 0 Å². The number of anilines is 3. The Kier molecular flexibility index (Phi) is 8.76. The zero-order valence-electron chi connectivity index (χ0n) is 33.9. The van der Waals surface area contributed by atoms with Gasteiger partial charge in [0.1, 0.15) is 0 Å². The van der Waals surface area contributed by atoms with Crippen molar-refractivity contribution in [1.29, 1.82) is 0 Å². The third-order valence-electron chi connectivity index (χ3n) is 12.4. The van der Waals surface area contributed by atoms with E-state index >= 15 is 0 Å². The molecular weight excluding hydrogens is 767 g/mol. The van der Waals surface area contributed by atoms with E-state index in [1.165, 1.54) is 103 Å². The fraction of sp³-hybridized carbons (Fsp3) is 0. The summed E-state index contributed by atoms with van der Waals surface area (Å²) in [7, 11) is 0. The van der Waals surface area contributed by atoms with Gasteiger partial charge in [0.25, 0.3) is 0 Å². The van der Waals surface area contributed by atoms with Crippen LogP contribution >= 0.6 is 11.3 Å². The number of thiophene rings is 1. The molecule has 12 aromatic rings. The molecule has 0 radical (unpaired) electrons. The first kappa shape index (κ1) is 36.1. The van der Waals surface area contributed by atoms with Crippen LogP contribution in [0.2, 0.25) is 0 Å². The molecule has 0 amide bonds. The largest absolute Gasteiger partial charge is 0.309 e. The Hall–Kier alpha value is -7.78. The van der Waals surface area contributed by atoms with Gasteiger partial charge in [-0.3, -0.25) is 0 Å². The summed E-state index contributed by atoms with van der Waals surface area (Å²) < 4.78 is 2.56. The number of rotatable bonds is 7. The van der Waals surface area contributed by atoms with Crippen LogP contribution < -0.4 is 4.90 Å². The summed E-state index contributed by atoms with van der Waals surface area (Å²) in [5.74, 6) is 0. The lowest BCUT2D eigenvalue weighted by molar-refractivity contribution is 1.30. The van der Waals surface area contributed by atoms with Crippen molar-refractivity contribution in [3.8, 4) is 44.5 Å². The minimum absolute atomic E-state index is 1.11. The molecule has 11 aromatic carbocycles. The van der Waals surface area contributed by atoms with Gasteiger partial charge in [-0.15, -0.1) is 11.3 Å². The van der Waals surface area contributed by atoms with Crippen LogP contribution in [0.3, 0.4) is 0 Å². The van der Waals surface area contributed by atoms with E-state index in [2.05, 4.69) is 241 Å². The number of hydrogen-bond donors (Lipinski definition) is 0. The van der Waals surface area contributed by atoms with Crippen molar-refractivity contribution in [3.63, 3.8) is 0 Å². The van der Waals surface area contributed by atoms with Gasteiger partial charge in [0.15, 0.2) is 0 Å². The minimum Gasteiger partial charge on any atom is -0.309 e. The zero-order chi connectivity index (χ0) is 41.0. The van der Waals surface area contributed by atoms with Crippen molar-refractivity contribution in [2.75, 3.05) is 4.90 Å². The minimum atomic E-state index is 1.11. The number of benzene rings is 11. The van der Waals surface area contributed by atoms with Gasteiger partial charge in [-0.25, -0.2) is 0 Å². The van der Waals surface area contributed by atoms with E-state index in [9.17, 15) is 0 Å². The molecule has 1 heterocycles. The molecule has 0 N–H and O–H groups in total. The average Bonchev–Trinajstić information content (AvgIpc) is 3.74. The summed E-state index contributed by atoms with van der Waals surface area (Å²) in [5, 5.41) is 10.1. The standard InChI is InChI=1S/C60H39NS/c1-3-15-40(16-4-1)44-31-29-42-30-32-45(38-47(42)37-44)41-33-35-48(36-34-41)61(56-27-14-26-55-52-23-11-12-28-57(52)62-60(55)56)49-20-13-19-46(39-49)59-54-25-10-8-22-51(54)50-21-7-9-24-53(50)58(59)43-17-5-2-6-18-43/h1-39H. The van der Waals surface area contributed by atoms with Crippen molar-refractivity contribution in [1.82, 2.24) is 0 Å². The lowest BCUT2D eigenvalue weighted by Gasteiger charge is -2.27. The molecule has 1 nitrogen and oxygen atoms in total. The molecule has 2 heteroatoms. The van der Waals surface area contributed by atoms with Crippen LogP contribution in [0.4, 0.5) is 17.1 Å². The third-order valence-corrected chi connectivity index (χ3v) is 13.6. The summed E-state index contributed by atoms with van der Waals surface area (Å²) in [6.07, 6.45) is 0. The fourth-order valence-electron chi connectivity index (χ4n) is 9.52. The lowest BCUT2D eigenvalue weighted by atomic mass is 9.85. The Morgan fingerprint density at radius 1 is 0.274 bits per heavy atom. The van der Waals surface area contributed by atoms with E-state index in [4.69, 9.17) is 0 Å². The van der Waals surface area contributed by atoms with E-state index in [0.717, 1.165) is 11.4 Å². The van der Waals surface area contributed by atoms with Gasteiger partial charge in [0.05, 0.1) is 10.4 Å². The quantitative estimate of drug-likeness (QED) is 0.145. The second-order valence-corrected chi connectivity index (χ2v) is 17.1. The molecule has 0 saturated heterocycles. The topological polar surface area (TPSA) is 3.24 Å². The van der Waals surface area contributed by atoms with Crippen LogP contribution in [-0.4, -0.2) is 0 Å². The van der Waals surface area contributed by atoms with Gasteiger partial charge in [0, 0.05) is 26.8 Å². The molecule has 0 aliphatic carbocycles. The van der Waals surface area contributed by atoms with E-state index in [1.807, 2.05) is 11.3 Å². The van der Waals surface area contributed by atoms with Crippen molar-refractivity contribution < 1.29 is 0 Å². The SMILES string of the molecule is c1ccc(-c2ccc3ccc(-c4ccc(N(c5cccc(-c6c(-c7ccccc7)c7ccccc7c7ccccc67)c5)c5cccc6c5sc5ccccc56)cc4)cc3c2)cc1. The molecule has 0 atom stereocenters. The second kappa shape index (κ2) is 15.0. The summed E-state index contributed by atoms with van der Waals surface area (Å²) >= 11 is 1.87. The first-order valence-electron chi connectivity index (χ1n) is 21.2. The summed E-state index contributed by atoms with van der Waals surface area (Å²) in [4.78, 5) is 2.46. The molecule has 0 saturated carbocycles. The van der Waals surface area contributed by atoms with E-state index in [1.54, 1.807) is 0 Å². The zero-order valence-corrected chi connectivity index (χ0v) is 34.7. The highest BCUT2D eigenvalue weighted by atomic mass is 32.1. The Labute approximate surface area is 365 Å². The maximum atomic E-state index is 2.46. The maximum Gasteiger partial charge on any atom is 0.0640 e. The van der Waals surface area contributed by atoms with E-state index in [0.29, 0.717) is 0 Å². The van der Waals surface area contributed by atoms with Crippen molar-refractivity contribution in [2.24, 2.45) is 0 Å². The molecule has 0 spiro atoms. The molecule has 290 valence electrons. The molecule has 1 aromatic heterocycles. The van der Waals surface area contributed by atoms with Crippen LogP contribution in [0, 0.1) is 0 Å². The van der Waals surface area contributed by atoms with Crippen molar-refractivity contribution in [2.45, 2.75) is 0 Å². The number of hydrogen-bond acceptors (Lipinski definition) is 2. The smallest absolute Gasteiger partial charge is 0.0640 e.